The summed E-state index contributed by atoms with van der Waals surface area (Å²) >= 11 is 0. The number of likely N-dealkylation sites (N-methyl/N-ethyl adjacent to an activating group) is 1. The molecule has 3 amide bonds. The number of rotatable bonds is 9. The first-order chi connectivity index (χ1) is 20.3. The average molecular weight is 578 g/mol. The van der Waals surface area contributed by atoms with E-state index in [-0.39, 0.29) is 23.8 Å². The Morgan fingerprint density at radius 2 is 1.71 bits per heavy atom. The summed E-state index contributed by atoms with van der Waals surface area (Å²) in [4.78, 5) is 48.5. The molecule has 6 rings (SSSR count). The number of anilines is 1. The molecule has 4 aliphatic heterocycles. The lowest BCUT2D eigenvalue weighted by molar-refractivity contribution is -0.141. The summed E-state index contributed by atoms with van der Waals surface area (Å²) in [5.41, 5.74) is 0.784. The lowest BCUT2D eigenvalue weighted by Crippen LogP contribution is -2.56. The molecule has 42 heavy (non-hydrogen) atoms. The van der Waals surface area contributed by atoms with Gasteiger partial charge in [0.25, 0.3) is 0 Å². The molecular weight excluding hydrogens is 530 g/mol. The van der Waals surface area contributed by atoms with E-state index in [1.165, 1.54) is 12.0 Å². The number of ether oxygens (including phenoxy) is 1. The number of carbonyl (C=O) groups is 3. The van der Waals surface area contributed by atoms with Gasteiger partial charge >= 0.3 is 0 Å². The number of likely N-dealkylation sites (tertiary alicyclic amines) is 1. The highest BCUT2D eigenvalue weighted by atomic mass is 16.5. The Balaban J connectivity index is 1.21. The maximum atomic E-state index is 14.2. The van der Waals surface area contributed by atoms with Crippen LogP contribution in [-0.4, -0.2) is 103 Å². The summed E-state index contributed by atoms with van der Waals surface area (Å²) in [6.07, 6.45) is 9.40. The minimum Gasteiger partial charge on any atom is -0.359 e. The van der Waals surface area contributed by atoms with Gasteiger partial charge in [0.1, 0.15) is 11.6 Å². The second kappa shape index (κ2) is 12.1. The third-order valence-electron chi connectivity index (χ3n) is 10.2. The smallest absolute Gasteiger partial charge is 0.246 e. The van der Waals surface area contributed by atoms with Crippen molar-refractivity contribution in [2.45, 2.75) is 82.1 Å². The first kappa shape index (κ1) is 29.3. The Labute approximate surface area is 250 Å². The molecule has 1 saturated carbocycles. The van der Waals surface area contributed by atoms with Crippen molar-refractivity contribution in [1.29, 1.82) is 0 Å². The predicted molar refractivity (Wildman–Crippen MR) is 162 cm³/mol. The van der Waals surface area contributed by atoms with Crippen LogP contribution in [0.3, 0.4) is 0 Å². The summed E-state index contributed by atoms with van der Waals surface area (Å²) in [7, 11) is 2.14. The van der Waals surface area contributed by atoms with Crippen molar-refractivity contribution in [1.82, 2.24) is 20.0 Å². The van der Waals surface area contributed by atoms with Crippen molar-refractivity contribution in [3.63, 3.8) is 0 Å². The van der Waals surface area contributed by atoms with E-state index in [1.807, 2.05) is 36.4 Å². The van der Waals surface area contributed by atoms with Crippen molar-refractivity contribution in [2.24, 2.45) is 11.8 Å². The van der Waals surface area contributed by atoms with Gasteiger partial charge in [-0.3, -0.25) is 14.4 Å². The predicted octanol–water partition coefficient (Wildman–Crippen LogP) is 2.99. The van der Waals surface area contributed by atoms with Crippen LogP contribution in [0.2, 0.25) is 0 Å². The van der Waals surface area contributed by atoms with Crippen LogP contribution < -0.4 is 10.6 Å². The topological polar surface area (TPSA) is 94.2 Å². The maximum absolute atomic E-state index is 14.2. The van der Waals surface area contributed by atoms with E-state index in [0.29, 0.717) is 18.2 Å². The largest absolute Gasteiger partial charge is 0.359 e. The van der Waals surface area contributed by atoms with Crippen LogP contribution in [0.15, 0.2) is 36.4 Å². The fraction of sp³-hybridized carbons (Fsp3) is 0.667. The minimum atomic E-state index is -1.11. The summed E-state index contributed by atoms with van der Waals surface area (Å²) < 4.78 is 6.53. The number of fused-ring (bicyclic) bond motifs is 1. The van der Waals surface area contributed by atoms with Crippen molar-refractivity contribution < 1.29 is 19.1 Å². The lowest BCUT2D eigenvalue weighted by Gasteiger charge is -2.35. The molecule has 3 saturated heterocycles. The monoisotopic (exact) mass is 577 g/mol. The molecular formula is C33H47N5O4. The highest BCUT2D eigenvalue weighted by Gasteiger charge is 2.72. The summed E-state index contributed by atoms with van der Waals surface area (Å²) in [5.74, 6) is -1.51. The number of nitrogens with zero attached hydrogens (tertiary/aromatic N) is 3. The maximum Gasteiger partial charge on any atom is 0.246 e. The van der Waals surface area contributed by atoms with Crippen LogP contribution in [0.25, 0.3) is 0 Å². The van der Waals surface area contributed by atoms with Crippen LogP contribution in [-0.2, 0) is 19.1 Å². The Morgan fingerprint density at radius 3 is 2.40 bits per heavy atom. The molecule has 9 nitrogen and oxygen atoms in total. The third-order valence-corrected chi connectivity index (χ3v) is 10.2. The number of benzene rings is 1. The highest BCUT2D eigenvalue weighted by molar-refractivity contribution is 6.02. The average Bonchev–Trinajstić information content (AvgIpc) is 3.62. The quantitative estimate of drug-likeness (QED) is 0.439. The van der Waals surface area contributed by atoms with E-state index >= 15 is 0 Å². The molecule has 1 aromatic rings. The van der Waals surface area contributed by atoms with Gasteiger partial charge in [-0.15, -0.1) is 0 Å². The molecule has 2 N–H and O–H groups in total. The fourth-order valence-corrected chi connectivity index (χ4v) is 7.75. The van der Waals surface area contributed by atoms with Crippen LogP contribution in [0, 0.1) is 11.8 Å². The number of nitrogens with one attached hydrogen (secondary N) is 2. The SMILES string of the molecule is CC(C)c1ccc(NC(=O)[C@H]2[C@@H]3C=C[C@]4(O3)[C@@H]2C(=O)N(CCCN2CCN(C)CC2)[C@@H]4C(=O)NC2CCCCC2)cc1. The van der Waals surface area contributed by atoms with Crippen molar-refractivity contribution in [3.05, 3.63) is 42.0 Å². The van der Waals surface area contributed by atoms with E-state index < -0.39 is 29.6 Å². The summed E-state index contributed by atoms with van der Waals surface area (Å²) in [6, 6.07) is 7.22. The fourth-order valence-electron chi connectivity index (χ4n) is 7.75. The zero-order chi connectivity index (χ0) is 29.4. The molecule has 4 fully saturated rings. The van der Waals surface area contributed by atoms with E-state index in [0.717, 1.165) is 64.8 Å². The number of piperazine rings is 1. The lowest BCUT2D eigenvalue weighted by atomic mass is 9.74. The van der Waals surface area contributed by atoms with E-state index in [1.54, 1.807) is 4.90 Å². The van der Waals surface area contributed by atoms with E-state index in [9.17, 15) is 14.4 Å². The Hall–Kier alpha value is -2.75. The van der Waals surface area contributed by atoms with E-state index in [2.05, 4.69) is 41.3 Å². The van der Waals surface area contributed by atoms with Gasteiger partial charge in [0.05, 0.1) is 17.9 Å². The van der Waals surface area contributed by atoms with Crippen LogP contribution in [0.4, 0.5) is 5.69 Å². The zero-order valence-electron chi connectivity index (χ0n) is 25.4. The van der Waals surface area contributed by atoms with Gasteiger partial charge < -0.3 is 30.1 Å². The Bertz CT molecular complexity index is 1190. The molecule has 228 valence electrons. The molecule has 1 aliphatic carbocycles. The highest BCUT2D eigenvalue weighted by Crippen LogP contribution is 2.55. The van der Waals surface area contributed by atoms with Gasteiger partial charge in [-0.05, 0) is 56.5 Å². The van der Waals surface area contributed by atoms with Crippen molar-refractivity contribution in [3.8, 4) is 0 Å². The number of carbonyl (C=O) groups excluding carboxylic acids is 3. The third kappa shape index (κ3) is 5.51. The second-order valence-electron chi connectivity index (χ2n) is 13.3. The molecule has 0 aromatic heterocycles. The van der Waals surface area contributed by atoms with Gasteiger partial charge in [0.2, 0.25) is 17.7 Å². The van der Waals surface area contributed by atoms with Crippen LogP contribution >= 0.6 is 0 Å². The van der Waals surface area contributed by atoms with Crippen LogP contribution in [0.5, 0.6) is 0 Å². The normalized spacial score (nSPS) is 31.6. The molecule has 5 aliphatic rings. The second-order valence-corrected chi connectivity index (χ2v) is 13.3. The first-order valence-electron chi connectivity index (χ1n) is 16.1. The first-order valence-corrected chi connectivity index (χ1v) is 16.1. The van der Waals surface area contributed by atoms with Gasteiger partial charge in [0, 0.05) is 44.5 Å². The van der Waals surface area contributed by atoms with Gasteiger partial charge in [-0.1, -0.05) is 57.4 Å². The summed E-state index contributed by atoms with van der Waals surface area (Å²) in [6.45, 7) is 9.72. The molecule has 2 bridgehead atoms. The molecule has 1 spiro atoms. The Kier molecular flexibility index (Phi) is 8.44. The summed E-state index contributed by atoms with van der Waals surface area (Å²) in [5, 5.41) is 6.33. The Morgan fingerprint density at radius 1 is 1.00 bits per heavy atom. The molecule has 9 heteroatoms. The molecule has 5 atom stereocenters. The van der Waals surface area contributed by atoms with E-state index in [4.69, 9.17) is 4.74 Å². The van der Waals surface area contributed by atoms with Gasteiger partial charge in [-0.2, -0.15) is 0 Å². The zero-order valence-corrected chi connectivity index (χ0v) is 25.4. The molecule has 0 radical (unpaired) electrons. The molecule has 4 heterocycles. The molecule has 1 aromatic carbocycles. The van der Waals surface area contributed by atoms with Crippen LogP contribution in [0.1, 0.15) is 63.9 Å². The standard InChI is InChI=1S/C33H47N5O4/c1-22(2)23-10-12-25(13-11-23)34-30(39)27-26-14-15-33(42-26)28(27)32(41)38(17-7-16-37-20-18-36(3)19-21-37)29(33)31(40)35-24-8-5-4-6-9-24/h10-15,22,24,26-29H,4-9,16-21H2,1-3H3,(H,34,39)(H,35,40)/t26-,27-,28-,29+,33-/m0/s1. The number of amides is 3. The van der Waals surface area contributed by atoms with Gasteiger partial charge in [-0.25, -0.2) is 0 Å². The number of hydrogen-bond acceptors (Lipinski definition) is 6. The van der Waals surface area contributed by atoms with Gasteiger partial charge in [0.15, 0.2) is 0 Å². The number of hydrogen-bond donors (Lipinski definition) is 2. The van der Waals surface area contributed by atoms with Crippen molar-refractivity contribution >= 4 is 23.4 Å². The molecule has 0 unspecified atom stereocenters. The van der Waals surface area contributed by atoms with Crippen molar-refractivity contribution in [2.75, 3.05) is 51.6 Å². The minimum absolute atomic E-state index is 0.125.